The van der Waals surface area contributed by atoms with Gasteiger partial charge in [0.2, 0.25) is 5.91 Å². The fourth-order valence-electron chi connectivity index (χ4n) is 2.45. The van der Waals surface area contributed by atoms with Crippen LogP contribution >= 0.6 is 0 Å². The number of hydrogen-bond donors (Lipinski definition) is 1. The summed E-state index contributed by atoms with van der Waals surface area (Å²) in [6.07, 6.45) is 4.24. The van der Waals surface area contributed by atoms with E-state index in [0.29, 0.717) is 5.56 Å². The van der Waals surface area contributed by atoms with Crippen molar-refractivity contribution in [2.45, 2.75) is 25.7 Å². The number of carbonyl (C=O) groups is 1. The molecule has 2 N–H and O–H groups in total. The summed E-state index contributed by atoms with van der Waals surface area (Å²) in [5.41, 5.74) is 7.75. The summed E-state index contributed by atoms with van der Waals surface area (Å²) in [4.78, 5) is 11.3. The van der Waals surface area contributed by atoms with Gasteiger partial charge < -0.3 is 10.2 Å². The van der Waals surface area contributed by atoms with Gasteiger partial charge >= 0.3 is 0 Å². The molecule has 0 aliphatic heterocycles. The van der Waals surface area contributed by atoms with Crippen LogP contribution in [0.1, 0.15) is 34.5 Å². The second kappa shape index (κ2) is 3.37. The molecule has 0 saturated heterocycles. The molecule has 81 valence electrons. The van der Waals surface area contributed by atoms with Crippen LogP contribution in [0, 0.1) is 6.07 Å². The minimum atomic E-state index is -0.431. The third-order valence-corrected chi connectivity index (χ3v) is 3.16. The first kappa shape index (κ1) is 9.46. The van der Waals surface area contributed by atoms with Crippen LogP contribution in [0.2, 0.25) is 0 Å². The predicted molar refractivity (Wildman–Crippen MR) is 60.2 cm³/mol. The quantitative estimate of drug-likeness (QED) is 0.791. The Hall–Kier alpha value is -1.77. The molecule has 1 aromatic heterocycles. The molecular formula is C13H12NO2. The van der Waals surface area contributed by atoms with Crippen LogP contribution in [0.5, 0.6) is 0 Å². The van der Waals surface area contributed by atoms with E-state index in [9.17, 15) is 4.79 Å². The summed E-state index contributed by atoms with van der Waals surface area (Å²) >= 11 is 0. The first-order valence-electron chi connectivity index (χ1n) is 5.52. The van der Waals surface area contributed by atoms with Gasteiger partial charge in [-0.15, -0.1) is 0 Å². The van der Waals surface area contributed by atoms with E-state index in [-0.39, 0.29) is 0 Å². The van der Waals surface area contributed by atoms with Crippen molar-refractivity contribution in [1.82, 2.24) is 0 Å². The van der Waals surface area contributed by atoms with Crippen LogP contribution in [0.25, 0.3) is 11.0 Å². The van der Waals surface area contributed by atoms with Crippen LogP contribution in [0.15, 0.2) is 16.5 Å². The third kappa shape index (κ3) is 1.24. The van der Waals surface area contributed by atoms with Crippen LogP contribution in [0.3, 0.4) is 0 Å². The molecule has 16 heavy (non-hydrogen) atoms. The second-order valence-corrected chi connectivity index (χ2v) is 4.17. The number of nitrogens with two attached hydrogens (primary N) is 1. The van der Waals surface area contributed by atoms with Crippen molar-refractivity contribution in [1.29, 1.82) is 0 Å². The Labute approximate surface area is 93.2 Å². The molecule has 1 heterocycles. The maximum absolute atomic E-state index is 11.3. The van der Waals surface area contributed by atoms with E-state index in [2.05, 4.69) is 6.07 Å². The molecule has 0 atom stereocenters. The molecule has 3 nitrogen and oxygen atoms in total. The zero-order chi connectivity index (χ0) is 11.1. The first-order chi connectivity index (χ1) is 7.77. The highest BCUT2D eigenvalue weighted by Gasteiger charge is 2.21. The molecular weight excluding hydrogens is 202 g/mol. The van der Waals surface area contributed by atoms with Crippen molar-refractivity contribution in [2.24, 2.45) is 5.73 Å². The van der Waals surface area contributed by atoms with Gasteiger partial charge in [-0.3, -0.25) is 4.79 Å². The molecule has 1 aliphatic rings. The van der Waals surface area contributed by atoms with Gasteiger partial charge in [-0.25, -0.2) is 0 Å². The van der Waals surface area contributed by atoms with Crippen LogP contribution in [-0.2, 0) is 12.8 Å². The average Bonchev–Trinajstić information content (AvgIpc) is 2.66. The molecule has 1 radical (unpaired) electrons. The van der Waals surface area contributed by atoms with Crippen molar-refractivity contribution in [2.75, 3.05) is 0 Å². The highest BCUT2D eigenvalue weighted by Crippen LogP contribution is 2.33. The van der Waals surface area contributed by atoms with Gasteiger partial charge in [-0.2, -0.15) is 0 Å². The molecule has 1 aromatic carbocycles. The minimum absolute atomic E-state index is 0.431. The van der Waals surface area contributed by atoms with Crippen molar-refractivity contribution < 1.29 is 9.21 Å². The van der Waals surface area contributed by atoms with Crippen LogP contribution < -0.4 is 5.73 Å². The number of aryl methyl sites for hydroxylation is 2. The lowest BCUT2D eigenvalue weighted by Gasteiger charge is -2.09. The Kier molecular flexibility index (Phi) is 1.99. The molecule has 3 heteroatoms. The molecule has 0 bridgehead atoms. The van der Waals surface area contributed by atoms with Crippen molar-refractivity contribution >= 4 is 16.9 Å². The van der Waals surface area contributed by atoms with E-state index in [4.69, 9.17) is 10.2 Å². The fraction of sp³-hybridized carbons (Fsp3) is 0.308. The Morgan fingerprint density at radius 2 is 2.19 bits per heavy atom. The number of primary amides is 1. The molecule has 0 unspecified atom stereocenters. The van der Waals surface area contributed by atoms with Gasteiger partial charge in [0.15, 0.2) is 0 Å². The van der Waals surface area contributed by atoms with E-state index in [0.717, 1.165) is 48.0 Å². The zero-order valence-electron chi connectivity index (χ0n) is 8.88. The minimum Gasteiger partial charge on any atom is -0.461 e. The van der Waals surface area contributed by atoms with Crippen molar-refractivity contribution in [3.63, 3.8) is 0 Å². The molecule has 1 amide bonds. The summed E-state index contributed by atoms with van der Waals surface area (Å²) in [7, 11) is 0. The zero-order valence-corrected chi connectivity index (χ0v) is 8.88. The Balaban J connectivity index is 2.36. The van der Waals surface area contributed by atoms with Gasteiger partial charge in [-0.05, 0) is 37.5 Å². The Morgan fingerprint density at radius 1 is 1.38 bits per heavy atom. The Bertz CT molecular complexity index is 569. The van der Waals surface area contributed by atoms with E-state index < -0.39 is 5.91 Å². The number of benzene rings is 1. The summed E-state index contributed by atoms with van der Waals surface area (Å²) in [6.45, 7) is 0. The maximum Gasteiger partial charge on any atom is 0.250 e. The number of amides is 1. The maximum atomic E-state index is 11.3. The standard InChI is InChI=1S/C13H12NO2/c14-13(15)9-5-3-7-11-12(9)8-4-1-2-6-10(8)16-11/h3,7H,1-2,4,6H2,(H2,14,15). The number of carbonyl (C=O) groups excluding carboxylic acids is 1. The molecule has 1 aliphatic carbocycles. The topological polar surface area (TPSA) is 56.2 Å². The molecule has 0 fully saturated rings. The Morgan fingerprint density at radius 3 is 3.00 bits per heavy atom. The first-order valence-corrected chi connectivity index (χ1v) is 5.52. The monoisotopic (exact) mass is 214 g/mol. The average molecular weight is 214 g/mol. The van der Waals surface area contributed by atoms with Gasteiger partial charge in [0.05, 0.1) is 5.56 Å². The fourth-order valence-corrected chi connectivity index (χ4v) is 2.45. The number of fused-ring (bicyclic) bond motifs is 3. The van der Waals surface area contributed by atoms with Crippen molar-refractivity contribution in [3.05, 3.63) is 35.1 Å². The molecule has 0 spiro atoms. The lowest BCUT2D eigenvalue weighted by Crippen LogP contribution is -2.12. The number of furan rings is 1. The largest absolute Gasteiger partial charge is 0.461 e. The number of hydrogen-bond acceptors (Lipinski definition) is 2. The van der Waals surface area contributed by atoms with Crippen molar-refractivity contribution in [3.8, 4) is 0 Å². The SMILES string of the molecule is NC(=O)c1[c]ccc2oc3c(c12)CCCC3. The van der Waals surface area contributed by atoms with Gasteiger partial charge in [0, 0.05) is 17.4 Å². The lowest BCUT2D eigenvalue weighted by molar-refractivity contribution is 0.100. The predicted octanol–water partition coefficient (Wildman–Crippen LogP) is 2.21. The lowest BCUT2D eigenvalue weighted by atomic mass is 9.94. The van der Waals surface area contributed by atoms with Gasteiger partial charge in [0.1, 0.15) is 11.3 Å². The summed E-state index contributed by atoms with van der Waals surface area (Å²) in [6, 6.07) is 6.45. The highest BCUT2D eigenvalue weighted by atomic mass is 16.3. The van der Waals surface area contributed by atoms with Gasteiger partial charge in [-0.1, -0.05) is 0 Å². The second-order valence-electron chi connectivity index (χ2n) is 4.17. The number of rotatable bonds is 1. The van der Waals surface area contributed by atoms with Crippen LogP contribution in [0.4, 0.5) is 0 Å². The third-order valence-electron chi connectivity index (χ3n) is 3.16. The summed E-state index contributed by atoms with van der Waals surface area (Å²) < 4.78 is 5.75. The highest BCUT2D eigenvalue weighted by molar-refractivity contribution is 6.06. The van der Waals surface area contributed by atoms with E-state index >= 15 is 0 Å². The molecule has 3 rings (SSSR count). The molecule has 0 saturated carbocycles. The molecule has 2 aromatic rings. The van der Waals surface area contributed by atoms with E-state index in [1.807, 2.05) is 6.07 Å². The normalized spacial score (nSPS) is 15.0. The smallest absolute Gasteiger partial charge is 0.250 e. The summed E-state index contributed by atoms with van der Waals surface area (Å²) in [5.74, 6) is 0.586. The van der Waals surface area contributed by atoms with E-state index in [1.165, 1.54) is 0 Å². The van der Waals surface area contributed by atoms with E-state index in [1.54, 1.807) is 6.07 Å². The van der Waals surface area contributed by atoms with Gasteiger partial charge in [0.25, 0.3) is 0 Å². The summed E-state index contributed by atoms with van der Waals surface area (Å²) in [5, 5.41) is 0.879. The van der Waals surface area contributed by atoms with Crippen LogP contribution in [-0.4, -0.2) is 5.91 Å².